The van der Waals surface area contributed by atoms with E-state index in [1.54, 1.807) is 7.11 Å². The van der Waals surface area contributed by atoms with Crippen LogP contribution >= 0.6 is 0 Å². The van der Waals surface area contributed by atoms with Crippen LogP contribution in [-0.2, 0) is 4.74 Å². The molecule has 0 aromatic heterocycles. The molecule has 0 aliphatic heterocycles. The van der Waals surface area contributed by atoms with Gasteiger partial charge < -0.3 is 10.5 Å². The maximum Gasteiger partial charge on any atom is 0.0615 e. The minimum absolute atomic E-state index is 0.286. The smallest absolute Gasteiger partial charge is 0.0615 e. The zero-order valence-corrected chi connectivity index (χ0v) is 11.7. The number of nitrogens with zero attached hydrogens (tertiary/aromatic N) is 1. The van der Waals surface area contributed by atoms with Crippen LogP contribution in [0.4, 0.5) is 0 Å². The Labute approximate surface area is 101 Å². The number of hydrogen-bond acceptors (Lipinski definition) is 3. The molecule has 0 heterocycles. The normalized spacial score (nSPS) is 17.4. The van der Waals surface area contributed by atoms with Crippen molar-refractivity contribution in [3.8, 4) is 0 Å². The Morgan fingerprint density at radius 3 is 2.25 bits per heavy atom. The van der Waals surface area contributed by atoms with Gasteiger partial charge in [-0.25, -0.2) is 0 Å². The van der Waals surface area contributed by atoms with Gasteiger partial charge in [0.25, 0.3) is 0 Å². The van der Waals surface area contributed by atoms with E-state index < -0.39 is 0 Å². The fourth-order valence-corrected chi connectivity index (χ4v) is 2.52. The third-order valence-electron chi connectivity index (χ3n) is 3.30. The molecule has 0 spiro atoms. The maximum absolute atomic E-state index is 6.27. The SMILES string of the molecule is CCCC(N)C(CC)N(CC)C(C)COC. The lowest BCUT2D eigenvalue weighted by atomic mass is 9.99. The third-order valence-corrected chi connectivity index (χ3v) is 3.30. The molecule has 0 saturated carbocycles. The molecule has 3 heteroatoms. The van der Waals surface area contributed by atoms with E-state index >= 15 is 0 Å². The second kappa shape index (κ2) is 8.97. The van der Waals surface area contributed by atoms with Crippen molar-refractivity contribution in [2.45, 2.75) is 65.1 Å². The van der Waals surface area contributed by atoms with Gasteiger partial charge in [-0.05, 0) is 26.3 Å². The number of ether oxygens (including phenoxy) is 1. The van der Waals surface area contributed by atoms with E-state index in [4.69, 9.17) is 10.5 Å². The molecule has 0 fully saturated rings. The molecule has 16 heavy (non-hydrogen) atoms. The second-order valence-electron chi connectivity index (χ2n) is 4.56. The molecule has 0 aliphatic rings. The monoisotopic (exact) mass is 230 g/mol. The first-order valence-electron chi connectivity index (χ1n) is 6.62. The van der Waals surface area contributed by atoms with Gasteiger partial charge in [0.05, 0.1) is 6.61 Å². The highest BCUT2D eigenvalue weighted by Crippen LogP contribution is 2.15. The van der Waals surface area contributed by atoms with Gasteiger partial charge in [-0.2, -0.15) is 0 Å². The van der Waals surface area contributed by atoms with E-state index in [0.717, 1.165) is 32.4 Å². The first-order valence-corrected chi connectivity index (χ1v) is 6.62. The average Bonchev–Trinajstić information content (AvgIpc) is 2.25. The fourth-order valence-electron chi connectivity index (χ4n) is 2.52. The number of rotatable bonds is 9. The summed E-state index contributed by atoms with van der Waals surface area (Å²) in [4.78, 5) is 2.48. The Kier molecular flexibility index (Phi) is 8.90. The van der Waals surface area contributed by atoms with Crippen molar-refractivity contribution in [1.29, 1.82) is 0 Å². The van der Waals surface area contributed by atoms with Crippen LogP contribution in [0, 0.1) is 0 Å². The predicted octanol–water partition coefficient (Wildman–Crippen LogP) is 2.25. The highest BCUT2D eigenvalue weighted by molar-refractivity contribution is 4.83. The van der Waals surface area contributed by atoms with Crippen LogP contribution in [0.15, 0.2) is 0 Å². The summed E-state index contributed by atoms with van der Waals surface area (Å²) in [5.41, 5.74) is 6.27. The highest BCUT2D eigenvalue weighted by Gasteiger charge is 2.25. The van der Waals surface area contributed by atoms with Gasteiger partial charge >= 0.3 is 0 Å². The molecule has 0 amide bonds. The summed E-state index contributed by atoms with van der Waals surface area (Å²) >= 11 is 0. The van der Waals surface area contributed by atoms with Crippen LogP contribution in [0.1, 0.15) is 47.0 Å². The van der Waals surface area contributed by atoms with E-state index in [-0.39, 0.29) is 6.04 Å². The zero-order valence-electron chi connectivity index (χ0n) is 11.7. The highest BCUT2D eigenvalue weighted by atomic mass is 16.5. The Morgan fingerprint density at radius 2 is 1.88 bits per heavy atom. The van der Waals surface area contributed by atoms with Gasteiger partial charge in [0.1, 0.15) is 0 Å². The fraction of sp³-hybridized carbons (Fsp3) is 1.00. The average molecular weight is 230 g/mol. The topological polar surface area (TPSA) is 38.5 Å². The summed E-state index contributed by atoms with van der Waals surface area (Å²) in [5, 5.41) is 0. The molecular formula is C13H30N2O. The lowest BCUT2D eigenvalue weighted by Crippen LogP contribution is -2.52. The Balaban J connectivity index is 4.47. The number of methoxy groups -OCH3 is 1. The molecule has 0 radical (unpaired) electrons. The molecule has 3 atom stereocenters. The largest absolute Gasteiger partial charge is 0.383 e. The summed E-state index contributed by atoms with van der Waals surface area (Å²) in [7, 11) is 1.76. The summed E-state index contributed by atoms with van der Waals surface area (Å²) in [5.74, 6) is 0. The maximum atomic E-state index is 6.27. The summed E-state index contributed by atoms with van der Waals surface area (Å²) in [6, 6.07) is 1.22. The number of hydrogen-bond donors (Lipinski definition) is 1. The first-order chi connectivity index (χ1) is 7.62. The summed E-state index contributed by atoms with van der Waals surface area (Å²) in [6.07, 6.45) is 3.38. The molecule has 0 saturated heterocycles. The van der Waals surface area contributed by atoms with Crippen molar-refractivity contribution in [3.05, 3.63) is 0 Å². The molecule has 98 valence electrons. The van der Waals surface area contributed by atoms with Crippen molar-refractivity contribution in [2.75, 3.05) is 20.3 Å². The van der Waals surface area contributed by atoms with Crippen LogP contribution in [0.3, 0.4) is 0 Å². The third kappa shape index (κ3) is 4.81. The quantitative estimate of drug-likeness (QED) is 0.660. The summed E-state index contributed by atoms with van der Waals surface area (Å²) in [6.45, 7) is 10.7. The van der Waals surface area contributed by atoms with Gasteiger partial charge in [-0.3, -0.25) is 4.90 Å². The van der Waals surface area contributed by atoms with Gasteiger partial charge in [-0.1, -0.05) is 27.2 Å². The van der Waals surface area contributed by atoms with Crippen molar-refractivity contribution in [3.63, 3.8) is 0 Å². The minimum Gasteiger partial charge on any atom is -0.383 e. The molecule has 0 aromatic carbocycles. The molecule has 0 bridgehead atoms. The van der Waals surface area contributed by atoms with Crippen LogP contribution in [0.5, 0.6) is 0 Å². The molecule has 3 nitrogen and oxygen atoms in total. The van der Waals surface area contributed by atoms with E-state index in [1.165, 1.54) is 0 Å². The lowest BCUT2D eigenvalue weighted by Gasteiger charge is -2.38. The van der Waals surface area contributed by atoms with E-state index in [0.29, 0.717) is 12.1 Å². The second-order valence-corrected chi connectivity index (χ2v) is 4.56. The van der Waals surface area contributed by atoms with Crippen LogP contribution in [0.25, 0.3) is 0 Å². The predicted molar refractivity (Wildman–Crippen MR) is 70.7 cm³/mol. The molecule has 0 aliphatic carbocycles. The number of likely N-dealkylation sites (N-methyl/N-ethyl adjacent to an activating group) is 1. The van der Waals surface area contributed by atoms with Gasteiger partial charge in [0.15, 0.2) is 0 Å². The first kappa shape index (κ1) is 15.9. The molecular weight excluding hydrogens is 200 g/mol. The molecule has 0 rings (SSSR count). The Hall–Kier alpha value is -0.120. The van der Waals surface area contributed by atoms with E-state index in [2.05, 4.69) is 32.6 Å². The van der Waals surface area contributed by atoms with Crippen molar-refractivity contribution in [1.82, 2.24) is 4.90 Å². The molecule has 0 aromatic rings. The van der Waals surface area contributed by atoms with E-state index in [9.17, 15) is 0 Å². The van der Waals surface area contributed by atoms with Crippen molar-refractivity contribution >= 4 is 0 Å². The van der Waals surface area contributed by atoms with Gasteiger partial charge in [-0.15, -0.1) is 0 Å². The minimum atomic E-state index is 0.286. The Morgan fingerprint density at radius 1 is 1.25 bits per heavy atom. The van der Waals surface area contributed by atoms with Crippen LogP contribution in [-0.4, -0.2) is 43.3 Å². The van der Waals surface area contributed by atoms with Crippen molar-refractivity contribution < 1.29 is 4.74 Å². The Bertz CT molecular complexity index is 146. The van der Waals surface area contributed by atoms with Crippen molar-refractivity contribution in [2.24, 2.45) is 5.73 Å². The molecule has 3 unspecified atom stereocenters. The molecule has 2 N–H and O–H groups in total. The lowest BCUT2D eigenvalue weighted by molar-refractivity contribution is 0.0610. The van der Waals surface area contributed by atoms with Gasteiger partial charge in [0, 0.05) is 25.2 Å². The number of nitrogens with two attached hydrogens (primary N) is 1. The van der Waals surface area contributed by atoms with E-state index in [1.807, 2.05) is 0 Å². The van der Waals surface area contributed by atoms with Crippen LogP contribution < -0.4 is 5.73 Å². The standard InChI is InChI=1S/C13H30N2O/c1-6-9-12(14)13(7-2)15(8-3)11(4)10-16-5/h11-13H,6-10,14H2,1-5H3. The van der Waals surface area contributed by atoms with Gasteiger partial charge in [0.2, 0.25) is 0 Å². The summed E-state index contributed by atoms with van der Waals surface area (Å²) < 4.78 is 5.24. The zero-order chi connectivity index (χ0) is 12.6. The van der Waals surface area contributed by atoms with Crippen LogP contribution in [0.2, 0.25) is 0 Å².